The van der Waals surface area contributed by atoms with Gasteiger partial charge in [-0.05, 0) is 38.2 Å². The summed E-state index contributed by atoms with van der Waals surface area (Å²) in [5.74, 6) is 0.404. The summed E-state index contributed by atoms with van der Waals surface area (Å²) in [5, 5.41) is 12.6. The first kappa shape index (κ1) is 15.3. The minimum atomic E-state index is -0.214. The number of carbonyl (C=O) groups excluding carboxylic acids is 1. The van der Waals surface area contributed by atoms with Crippen molar-refractivity contribution in [1.29, 1.82) is 0 Å². The van der Waals surface area contributed by atoms with Crippen molar-refractivity contribution >= 4 is 5.91 Å². The van der Waals surface area contributed by atoms with Crippen LogP contribution in [0.5, 0.6) is 5.88 Å². The van der Waals surface area contributed by atoms with Gasteiger partial charge in [0, 0.05) is 29.3 Å². The fraction of sp³-hybridized carbons (Fsp3) is 0.647. The molecule has 1 amide bonds. The number of aromatic nitrogens is 1. The van der Waals surface area contributed by atoms with Crippen LogP contribution in [0.25, 0.3) is 0 Å². The molecule has 22 heavy (non-hydrogen) atoms. The van der Waals surface area contributed by atoms with E-state index >= 15 is 0 Å². The number of pyridine rings is 1. The van der Waals surface area contributed by atoms with Gasteiger partial charge in [-0.15, -0.1) is 0 Å². The molecule has 1 aromatic rings. The molecule has 0 bridgehead atoms. The lowest BCUT2D eigenvalue weighted by molar-refractivity contribution is 0.0827. The standard InChI is InChI=1S/C17H24N2O3/c1-17(11-20)8-3-6-14(17)19-16(21)12-7-9-18-15(10-12)22-13-4-2-5-13/h7,9-10,13-14,20H,2-6,8,11H2,1H3,(H,19,21). The van der Waals surface area contributed by atoms with Gasteiger partial charge in [0.2, 0.25) is 5.88 Å². The van der Waals surface area contributed by atoms with Gasteiger partial charge in [-0.25, -0.2) is 4.98 Å². The lowest BCUT2D eigenvalue weighted by atomic mass is 9.85. The Kier molecular flexibility index (Phi) is 4.34. The maximum atomic E-state index is 12.4. The van der Waals surface area contributed by atoms with Crippen molar-refractivity contribution in [3.63, 3.8) is 0 Å². The molecule has 0 aliphatic heterocycles. The van der Waals surface area contributed by atoms with E-state index in [1.165, 1.54) is 6.42 Å². The second-order valence-electron chi connectivity index (χ2n) is 6.78. The van der Waals surface area contributed by atoms with E-state index in [4.69, 9.17) is 4.74 Å². The van der Waals surface area contributed by atoms with E-state index in [0.717, 1.165) is 32.1 Å². The van der Waals surface area contributed by atoms with Crippen LogP contribution in [0.2, 0.25) is 0 Å². The van der Waals surface area contributed by atoms with Crippen molar-refractivity contribution in [2.45, 2.75) is 57.6 Å². The molecule has 2 aliphatic rings. The fourth-order valence-electron chi connectivity index (χ4n) is 3.18. The molecule has 1 aromatic heterocycles. The van der Waals surface area contributed by atoms with E-state index in [2.05, 4.69) is 10.3 Å². The van der Waals surface area contributed by atoms with E-state index < -0.39 is 0 Å². The Morgan fingerprint density at radius 3 is 2.95 bits per heavy atom. The number of aliphatic hydroxyl groups excluding tert-OH is 1. The number of carbonyl (C=O) groups is 1. The smallest absolute Gasteiger partial charge is 0.251 e. The van der Waals surface area contributed by atoms with E-state index in [1.807, 2.05) is 6.92 Å². The number of aliphatic hydroxyl groups is 1. The number of hydrogen-bond donors (Lipinski definition) is 2. The summed E-state index contributed by atoms with van der Waals surface area (Å²) in [6.07, 6.45) is 8.09. The Labute approximate surface area is 131 Å². The fourth-order valence-corrected chi connectivity index (χ4v) is 3.18. The van der Waals surface area contributed by atoms with Gasteiger partial charge >= 0.3 is 0 Å². The highest BCUT2D eigenvalue weighted by molar-refractivity contribution is 5.94. The normalized spacial score (nSPS) is 28.2. The van der Waals surface area contributed by atoms with E-state index in [0.29, 0.717) is 11.4 Å². The molecular formula is C17H24N2O3. The molecule has 2 saturated carbocycles. The second kappa shape index (κ2) is 6.24. The van der Waals surface area contributed by atoms with Crippen LogP contribution in [-0.2, 0) is 0 Å². The van der Waals surface area contributed by atoms with Crippen LogP contribution in [0.1, 0.15) is 55.8 Å². The van der Waals surface area contributed by atoms with Crippen molar-refractivity contribution in [3.8, 4) is 5.88 Å². The highest BCUT2D eigenvalue weighted by Gasteiger charge is 2.39. The second-order valence-corrected chi connectivity index (χ2v) is 6.78. The molecule has 0 spiro atoms. The topological polar surface area (TPSA) is 71.5 Å². The zero-order valence-corrected chi connectivity index (χ0v) is 13.0. The molecule has 2 atom stereocenters. The van der Waals surface area contributed by atoms with E-state index in [1.54, 1.807) is 18.3 Å². The highest BCUT2D eigenvalue weighted by Crippen LogP contribution is 2.37. The van der Waals surface area contributed by atoms with Crippen LogP contribution < -0.4 is 10.1 Å². The maximum Gasteiger partial charge on any atom is 0.251 e. The van der Waals surface area contributed by atoms with Crippen LogP contribution in [0.3, 0.4) is 0 Å². The molecule has 0 aromatic carbocycles. The summed E-state index contributed by atoms with van der Waals surface area (Å²) in [6, 6.07) is 3.43. The Bertz CT molecular complexity index is 544. The van der Waals surface area contributed by atoms with Gasteiger partial charge in [0.05, 0.1) is 6.61 Å². The van der Waals surface area contributed by atoms with E-state index in [-0.39, 0.29) is 30.1 Å². The average molecular weight is 304 g/mol. The number of ether oxygens (including phenoxy) is 1. The third-order valence-electron chi connectivity index (χ3n) is 5.09. The third-order valence-corrected chi connectivity index (χ3v) is 5.09. The summed E-state index contributed by atoms with van der Waals surface area (Å²) in [4.78, 5) is 16.6. The summed E-state index contributed by atoms with van der Waals surface area (Å²) in [5.41, 5.74) is 0.352. The number of rotatable bonds is 5. The van der Waals surface area contributed by atoms with Crippen molar-refractivity contribution in [2.75, 3.05) is 6.61 Å². The van der Waals surface area contributed by atoms with Crippen molar-refractivity contribution in [3.05, 3.63) is 23.9 Å². The Balaban J connectivity index is 1.65. The van der Waals surface area contributed by atoms with Crippen molar-refractivity contribution in [2.24, 2.45) is 5.41 Å². The van der Waals surface area contributed by atoms with Crippen LogP contribution in [-0.4, -0.2) is 34.8 Å². The predicted molar refractivity (Wildman–Crippen MR) is 82.8 cm³/mol. The molecule has 0 saturated heterocycles. The number of hydrogen-bond acceptors (Lipinski definition) is 4. The molecule has 2 fully saturated rings. The molecule has 3 rings (SSSR count). The Morgan fingerprint density at radius 1 is 1.45 bits per heavy atom. The van der Waals surface area contributed by atoms with Crippen LogP contribution >= 0.6 is 0 Å². The van der Waals surface area contributed by atoms with Crippen molar-refractivity contribution < 1.29 is 14.6 Å². The lowest BCUT2D eigenvalue weighted by Crippen LogP contribution is -2.44. The summed E-state index contributed by atoms with van der Waals surface area (Å²) >= 11 is 0. The largest absolute Gasteiger partial charge is 0.474 e. The predicted octanol–water partition coefficient (Wildman–Crippen LogP) is 2.29. The summed E-state index contributed by atoms with van der Waals surface area (Å²) in [6.45, 7) is 2.13. The first-order valence-corrected chi connectivity index (χ1v) is 8.15. The molecule has 5 nitrogen and oxygen atoms in total. The molecule has 120 valence electrons. The third kappa shape index (κ3) is 3.09. The molecule has 0 radical (unpaired) electrons. The van der Waals surface area contributed by atoms with Gasteiger partial charge in [0.15, 0.2) is 0 Å². The molecule has 2 aliphatic carbocycles. The molecule has 2 N–H and O–H groups in total. The van der Waals surface area contributed by atoms with Crippen LogP contribution in [0.15, 0.2) is 18.3 Å². The Morgan fingerprint density at radius 2 is 2.27 bits per heavy atom. The molecule has 2 unspecified atom stereocenters. The number of nitrogens with zero attached hydrogens (tertiary/aromatic N) is 1. The summed E-state index contributed by atoms with van der Waals surface area (Å²) in [7, 11) is 0. The molecule has 1 heterocycles. The van der Waals surface area contributed by atoms with Crippen molar-refractivity contribution in [1.82, 2.24) is 10.3 Å². The highest BCUT2D eigenvalue weighted by atomic mass is 16.5. The molecular weight excluding hydrogens is 280 g/mol. The minimum Gasteiger partial charge on any atom is -0.474 e. The first-order valence-electron chi connectivity index (χ1n) is 8.15. The van der Waals surface area contributed by atoms with E-state index in [9.17, 15) is 9.90 Å². The van der Waals surface area contributed by atoms with Gasteiger partial charge in [-0.1, -0.05) is 13.3 Å². The SMILES string of the molecule is CC1(CO)CCCC1NC(=O)c1ccnc(OC2CCC2)c1. The van der Waals surface area contributed by atoms with Gasteiger partial charge in [-0.2, -0.15) is 0 Å². The molecule has 5 heteroatoms. The maximum absolute atomic E-state index is 12.4. The first-order chi connectivity index (χ1) is 10.6. The lowest BCUT2D eigenvalue weighted by Gasteiger charge is -2.30. The number of nitrogens with one attached hydrogen (secondary N) is 1. The van der Waals surface area contributed by atoms with Gasteiger partial charge in [0.1, 0.15) is 6.10 Å². The Hall–Kier alpha value is -1.62. The van der Waals surface area contributed by atoms with Crippen LogP contribution in [0, 0.1) is 5.41 Å². The zero-order valence-electron chi connectivity index (χ0n) is 13.0. The number of amides is 1. The zero-order chi connectivity index (χ0) is 15.6. The summed E-state index contributed by atoms with van der Waals surface area (Å²) < 4.78 is 5.74. The quantitative estimate of drug-likeness (QED) is 0.875. The minimum absolute atomic E-state index is 0.0224. The van der Waals surface area contributed by atoms with Gasteiger partial charge < -0.3 is 15.2 Å². The van der Waals surface area contributed by atoms with Gasteiger partial charge in [-0.3, -0.25) is 4.79 Å². The van der Waals surface area contributed by atoms with Crippen LogP contribution in [0.4, 0.5) is 0 Å². The van der Waals surface area contributed by atoms with Gasteiger partial charge in [0.25, 0.3) is 5.91 Å². The average Bonchev–Trinajstić information content (AvgIpc) is 2.85. The monoisotopic (exact) mass is 304 g/mol.